The Bertz CT molecular complexity index is 825. The number of carbonyl (C=O) groups excluding carboxylic acids is 2. The van der Waals surface area contributed by atoms with Crippen molar-refractivity contribution in [1.29, 1.82) is 0 Å². The number of methoxy groups -OCH3 is 1. The van der Waals surface area contributed by atoms with Crippen molar-refractivity contribution in [3.8, 4) is 0 Å². The Morgan fingerprint density at radius 3 is 2.60 bits per heavy atom. The number of amides is 2. The topological polar surface area (TPSA) is 76.5 Å². The number of fused-ring (bicyclic) bond motifs is 1. The van der Waals surface area contributed by atoms with Crippen LogP contribution in [0.3, 0.4) is 0 Å². The third-order valence-electron chi connectivity index (χ3n) is 5.66. The minimum Gasteiger partial charge on any atom is -0.375 e. The molecular weight excluding hydrogens is 380 g/mol. The van der Waals surface area contributed by atoms with Crippen molar-refractivity contribution in [3.05, 3.63) is 30.1 Å². The van der Waals surface area contributed by atoms with Gasteiger partial charge < -0.3 is 19.5 Å². The summed E-state index contributed by atoms with van der Waals surface area (Å²) in [5.74, 6) is 1.09. The molecule has 7 heteroatoms. The molecule has 1 aromatic heterocycles. The van der Waals surface area contributed by atoms with Gasteiger partial charge in [0.15, 0.2) is 0 Å². The van der Waals surface area contributed by atoms with Crippen LogP contribution in [0.4, 0.5) is 0 Å². The molecule has 1 aromatic carbocycles. The predicted molar refractivity (Wildman–Crippen MR) is 117 cm³/mol. The van der Waals surface area contributed by atoms with E-state index < -0.39 is 0 Å². The fraction of sp³-hybridized carbons (Fsp3) is 0.609. The molecule has 3 rings (SSSR count). The molecule has 7 nitrogen and oxygen atoms in total. The van der Waals surface area contributed by atoms with Crippen LogP contribution in [-0.4, -0.2) is 59.6 Å². The van der Waals surface area contributed by atoms with Gasteiger partial charge in [-0.05, 0) is 37.8 Å². The lowest BCUT2D eigenvalue weighted by Gasteiger charge is -2.21. The van der Waals surface area contributed by atoms with Gasteiger partial charge in [0.25, 0.3) is 0 Å². The molecule has 30 heavy (non-hydrogen) atoms. The van der Waals surface area contributed by atoms with Crippen molar-refractivity contribution >= 4 is 22.8 Å². The summed E-state index contributed by atoms with van der Waals surface area (Å²) in [6, 6.07) is 8.05. The number of hydrogen-bond acceptors (Lipinski definition) is 4. The van der Waals surface area contributed by atoms with E-state index in [1.807, 2.05) is 29.2 Å². The highest BCUT2D eigenvalue weighted by atomic mass is 16.5. The lowest BCUT2D eigenvalue weighted by atomic mass is 10.2. The number of benzene rings is 1. The van der Waals surface area contributed by atoms with E-state index in [1.165, 1.54) is 20.0 Å². The molecule has 0 unspecified atom stereocenters. The second-order valence-corrected chi connectivity index (χ2v) is 7.99. The van der Waals surface area contributed by atoms with Crippen LogP contribution in [0.15, 0.2) is 24.3 Å². The molecule has 0 atom stereocenters. The highest BCUT2D eigenvalue weighted by Gasteiger charge is 2.19. The molecule has 0 spiro atoms. The largest absolute Gasteiger partial charge is 0.375 e. The third kappa shape index (κ3) is 6.29. The van der Waals surface area contributed by atoms with E-state index in [4.69, 9.17) is 9.72 Å². The van der Waals surface area contributed by atoms with Crippen LogP contribution in [0.2, 0.25) is 0 Å². The standard InChI is InChI=1S/C23H34N4O3/c1-30-18-22(28)24-14-8-4-5-13-21-25-19-11-6-7-12-20(19)27(21)17-23(29)26-15-9-2-3-10-16-26/h6-7,11-12H,2-5,8-10,13-18H2,1H3,(H,24,28). The Morgan fingerprint density at radius 2 is 1.83 bits per heavy atom. The van der Waals surface area contributed by atoms with E-state index in [-0.39, 0.29) is 18.4 Å². The summed E-state index contributed by atoms with van der Waals surface area (Å²) < 4.78 is 6.91. The summed E-state index contributed by atoms with van der Waals surface area (Å²) in [5.41, 5.74) is 1.98. The van der Waals surface area contributed by atoms with E-state index in [0.717, 1.165) is 68.5 Å². The Labute approximate surface area is 178 Å². The molecule has 0 bridgehead atoms. The number of imidazole rings is 1. The summed E-state index contributed by atoms with van der Waals surface area (Å²) in [6.45, 7) is 2.87. The van der Waals surface area contributed by atoms with E-state index in [1.54, 1.807) is 0 Å². The van der Waals surface area contributed by atoms with Gasteiger partial charge in [0.1, 0.15) is 19.0 Å². The van der Waals surface area contributed by atoms with Crippen LogP contribution >= 0.6 is 0 Å². The smallest absolute Gasteiger partial charge is 0.245 e. The van der Waals surface area contributed by atoms with E-state index in [9.17, 15) is 9.59 Å². The summed E-state index contributed by atoms with van der Waals surface area (Å²) in [5, 5.41) is 2.85. The van der Waals surface area contributed by atoms with Crippen molar-refractivity contribution in [1.82, 2.24) is 19.8 Å². The normalized spacial score (nSPS) is 14.6. The fourth-order valence-corrected chi connectivity index (χ4v) is 4.04. The zero-order valence-electron chi connectivity index (χ0n) is 18.1. The van der Waals surface area contributed by atoms with Crippen molar-refractivity contribution in [2.45, 2.75) is 57.9 Å². The number of ether oxygens (including phenoxy) is 1. The number of nitrogens with zero attached hydrogens (tertiary/aromatic N) is 3. The van der Waals surface area contributed by atoms with Gasteiger partial charge in [-0.1, -0.05) is 31.4 Å². The SMILES string of the molecule is COCC(=O)NCCCCCc1nc2ccccc2n1CC(=O)N1CCCCCC1. The van der Waals surface area contributed by atoms with Crippen molar-refractivity contribution in [2.75, 3.05) is 33.4 Å². The highest BCUT2D eigenvalue weighted by molar-refractivity contribution is 5.81. The summed E-state index contributed by atoms with van der Waals surface area (Å²) >= 11 is 0. The molecule has 1 N–H and O–H groups in total. The molecule has 2 amide bonds. The van der Waals surface area contributed by atoms with Gasteiger partial charge in [0, 0.05) is 33.2 Å². The molecule has 1 aliphatic heterocycles. The lowest BCUT2D eigenvalue weighted by Crippen LogP contribution is -2.34. The molecule has 0 aliphatic carbocycles. The number of nitrogens with one attached hydrogen (secondary N) is 1. The first-order chi connectivity index (χ1) is 14.7. The van der Waals surface area contributed by atoms with Gasteiger partial charge in [-0.15, -0.1) is 0 Å². The number of unbranched alkanes of at least 4 members (excludes halogenated alkanes) is 2. The molecule has 2 heterocycles. The second-order valence-electron chi connectivity index (χ2n) is 7.99. The number of likely N-dealkylation sites (tertiary alicyclic amines) is 1. The molecule has 164 valence electrons. The number of aryl methyl sites for hydroxylation is 1. The molecule has 2 aromatic rings. The molecule has 1 saturated heterocycles. The Morgan fingerprint density at radius 1 is 1.07 bits per heavy atom. The molecule has 1 aliphatic rings. The first kappa shape index (κ1) is 22.3. The fourth-order valence-electron chi connectivity index (χ4n) is 4.04. The maximum Gasteiger partial charge on any atom is 0.245 e. The summed E-state index contributed by atoms with van der Waals surface area (Å²) in [7, 11) is 1.52. The van der Waals surface area contributed by atoms with Crippen LogP contribution < -0.4 is 5.32 Å². The van der Waals surface area contributed by atoms with E-state index in [2.05, 4.69) is 9.88 Å². The van der Waals surface area contributed by atoms with E-state index in [0.29, 0.717) is 13.1 Å². The average molecular weight is 415 g/mol. The number of hydrogen-bond donors (Lipinski definition) is 1. The minimum absolute atomic E-state index is 0.0775. The maximum absolute atomic E-state index is 13.0. The number of aromatic nitrogens is 2. The first-order valence-corrected chi connectivity index (χ1v) is 11.2. The maximum atomic E-state index is 13.0. The number of carbonyl (C=O) groups is 2. The zero-order chi connectivity index (χ0) is 21.2. The van der Waals surface area contributed by atoms with Gasteiger partial charge in [-0.3, -0.25) is 9.59 Å². The zero-order valence-corrected chi connectivity index (χ0v) is 18.1. The summed E-state index contributed by atoms with van der Waals surface area (Å²) in [4.78, 5) is 31.2. The van der Waals surface area contributed by atoms with Gasteiger partial charge in [0.2, 0.25) is 11.8 Å². The number of rotatable bonds is 10. The molecule has 0 saturated carbocycles. The van der Waals surface area contributed by atoms with Crippen molar-refractivity contribution < 1.29 is 14.3 Å². The minimum atomic E-state index is -0.0775. The monoisotopic (exact) mass is 414 g/mol. The van der Waals surface area contributed by atoms with Gasteiger partial charge in [-0.2, -0.15) is 0 Å². The average Bonchev–Trinajstić information content (AvgIpc) is 2.91. The quantitative estimate of drug-likeness (QED) is 0.607. The van der Waals surface area contributed by atoms with Crippen LogP contribution in [0.25, 0.3) is 11.0 Å². The number of para-hydroxylation sites is 2. The molecule has 1 fully saturated rings. The van der Waals surface area contributed by atoms with Gasteiger partial charge in [-0.25, -0.2) is 4.98 Å². The Hall–Kier alpha value is -2.41. The van der Waals surface area contributed by atoms with Crippen LogP contribution in [0, 0.1) is 0 Å². The lowest BCUT2D eigenvalue weighted by molar-refractivity contribution is -0.131. The van der Waals surface area contributed by atoms with Crippen LogP contribution in [-0.2, 0) is 27.3 Å². The Kier molecular flexibility index (Phi) is 8.68. The highest BCUT2D eigenvalue weighted by Crippen LogP contribution is 2.19. The van der Waals surface area contributed by atoms with Gasteiger partial charge >= 0.3 is 0 Å². The second kappa shape index (κ2) is 11.7. The first-order valence-electron chi connectivity index (χ1n) is 11.2. The third-order valence-corrected chi connectivity index (χ3v) is 5.66. The molecular formula is C23H34N4O3. The van der Waals surface area contributed by atoms with Gasteiger partial charge in [0.05, 0.1) is 11.0 Å². The van der Waals surface area contributed by atoms with Crippen LogP contribution in [0.5, 0.6) is 0 Å². The van der Waals surface area contributed by atoms with Crippen LogP contribution in [0.1, 0.15) is 50.8 Å². The van der Waals surface area contributed by atoms with E-state index >= 15 is 0 Å². The summed E-state index contributed by atoms with van der Waals surface area (Å²) in [6.07, 6.45) is 8.35. The van der Waals surface area contributed by atoms with Crippen molar-refractivity contribution in [3.63, 3.8) is 0 Å². The molecule has 0 radical (unpaired) electrons. The van der Waals surface area contributed by atoms with Crippen molar-refractivity contribution in [2.24, 2.45) is 0 Å². The Balaban J connectivity index is 1.57. The predicted octanol–water partition coefficient (Wildman–Crippen LogP) is 2.91.